The van der Waals surface area contributed by atoms with Crippen LogP contribution in [0.3, 0.4) is 0 Å². The smallest absolute Gasteiger partial charge is 0.276 e. The summed E-state index contributed by atoms with van der Waals surface area (Å²) in [6.45, 7) is 2.28. The van der Waals surface area contributed by atoms with Crippen LogP contribution in [0.2, 0.25) is 0 Å². The second-order valence-electron chi connectivity index (χ2n) is 5.80. The maximum absolute atomic E-state index is 12.7. The molecular weight excluding hydrogens is 296 g/mol. The Morgan fingerprint density at radius 3 is 2.91 bits per heavy atom. The van der Waals surface area contributed by atoms with Gasteiger partial charge in [-0.05, 0) is 31.9 Å². The van der Waals surface area contributed by atoms with E-state index in [0.29, 0.717) is 18.7 Å². The molecule has 0 bridgehead atoms. The van der Waals surface area contributed by atoms with Gasteiger partial charge in [-0.15, -0.1) is 0 Å². The summed E-state index contributed by atoms with van der Waals surface area (Å²) in [5, 5.41) is 3.86. The number of carbonyl (C=O) groups is 2. The molecule has 7 nitrogen and oxygen atoms in total. The van der Waals surface area contributed by atoms with Gasteiger partial charge in [0.15, 0.2) is 11.5 Å². The van der Waals surface area contributed by atoms with Gasteiger partial charge in [-0.3, -0.25) is 14.6 Å². The fourth-order valence-electron chi connectivity index (χ4n) is 2.79. The number of nitrogens with zero attached hydrogens (tertiary/aromatic N) is 3. The molecule has 2 aromatic heterocycles. The van der Waals surface area contributed by atoms with E-state index in [1.165, 1.54) is 0 Å². The molecule has 0 aromatic carbocycles. The van der Waals surface area contributed by atoms with Crippen molar-refractivity contribution in [1.82, 2.24) is 15.0 Å². The van der Waals surface area contributed by atoms with E-state index < -0.39 is 0 Å². The highest BCUT2D eigenvalue weighted by Gasteiger charge is 2.33. The number of hydrogen-bond donors (Lipinski definition) is 1. The number of hydrogen-bond acceptors (Lipinski definition) is 5. The molecule has 2 atom stereocenters. The summed E-state index contributed by atoms with van der Waals surface area (Å²) in [6, 6.07) is 5.24. The van der Waals surface area contributed by atoms with Crippen molar-refractivity contribution in [3.05, 3.63) is 36.3 Å². The minimum absolute atomic E-state index is 0.0386. The standard InChI is InChI=1S/C16H18N4O3/c1-10-4-5-12(15(17)21)9-20(10)16(22)13-7-14(23-19-13)11-3-2-6-18-8-11/h2-3,6-8,10,12H,4-5,9H2,1H3,(H2,17,21)/t10-,12-/m1/s1. The Balaban J connectivity index is 1.80. The van der Waals surface area contributed by atoms with E-state index in [1.807, 2.05) is 13.0 Å². The van der Waals surface area contributed by atoms with Crippen molar-refractivity contribution in [3.8, 4) is 11.3 Å². The van der Waals surface area contributed by atoms with Crippen molar-refractivity contribution in [2.24, 2.45) is 11.7 Å². The lowest BCUT2D eigenvalue weighted by molar-refractivity contribution is -0.123. The number of aromatic nitrogens is 2. The second kappa shape index (κ2) is 6.20. The molecule has 0 unspecified atom stereocenters. The Labute approximate surface area is 133 Å². The van der Waals surface area contributed by atoms with Crippen molar-refractivity contribution < 1.29 is 14.1 Å². The zero-order valence-electron chi connectivity index (χ0n) is 12.8. The molecule has 0 saturated carbocycles. The summed E-state index contributed by atoms with van der Waals surface area (Å²) in [7, 11) is 0. The first kappa shape index (κ1) is 15.2. The molecule has 23 heavy (non-hydrogen) atoms. The van der Waals surface area contributed by atoms with E-state index in [4.69, 9.17) is 10.3 Å². The molecule has 1 aliphatic rings. The van der Waals surface area contributed by atoms with Crippen molar-refractivity contribution in [2.75, 3.05) is 6.54 Å². The van der Waals surface area contributed by atoms with E-state index in [9.17, 15) is 9.59 Å². The number of amides is 2. The van der Waals surface area contributed by atoms with Crippen LogP contribution in [0.1, 0.15) is 30.3 Å². The molecule has 2 amide bonds. The number of rotatable bonds is 3. The Morgan fingerprint density at radius 2 is 2.22 bits per heavy atom. The lowest BCUT2D eigenvalue weighted by Crippen LogP contribution is -2.48. The van der Waals surface area contributed by atoms with Crippen LogP contribution in [0.15, 0.2) is 35.1 Å². The maximum Gasteiger partial charge on any atom is 0.276 e. The second-order valence-corrected chi connectivity index (χ2v) is 5.80. The van der Waals surface area contributed by atoms with Gasteiger partial charge in [0, 0.05) is 36.6 Å². The molecule has 0 radical (unpaired) electrons. The van der Waals surface area contributed by atoms with Crippen LogP contribution in [-0.4, -0.2) is 39.4 Å². The number of piperidine rings is 1. The van der Waals surface area contributed by atoms with Crippen LogP contribution in [0, 0.1) is 5.92 Å². The largest absolute Gasteiger partial charge is 0.369 e. The number of primary amides is 1. The number of likely N-dealkylation sites (tertiary alicyclic amines) is 1. The van der Waals surface area contributed by atoms with E-state index in [1.54, 1.807) is 29.4 Å². The van der Waals surface area contributed by atoms with E-state index in [-0.39, 0.29) is 29.5 Å². The third kappa shape index (κ3) is 3.08. The van der Waals surface area contributed by atoms with Crippen LogP contribution in [0.4, 0.5) is 0 Å². The monoisotopic (exact) mass is 314 g/mol. The zero-order chi connectivity index (χ0) is 16.4. The normalized spacial score (nSPS) is 21.2. The Kier molecular flexibility index (Phi) is 4.10. The lowest BCUT2D eigenvalue weighted by atomic mass is 9.92. The molecule has 7 heteroatoms. The van der Waals surface area contributed by atoms with Crippen molar-refractivity contribution in [2.45, 2.75) is 25.8 Å². The number of nitrogens with two attached hydrogens (primary N) is 1. The summed E-state index contributed by atoms with van der Waals surface area (Å²) in [5.41, 5.74) is 6.35. The first-order valence-electron chi connectivity index (χ1n) is 7.53. The van der Waals surface area contributed by atoms with Crippen molar-refractivity contribution in [1.29, 1.82) is 0 Å². The zero-order valence-corrected chi connectivity index (χ0v) is 12.8. The quantitative estimate of drug-likeness (QED) is 0.924. The van der Waals surface area contributed by atoms with Gasteiger partial charge in [0.25, 0.3) is 5.91 Å². The van der Waals surface area contributed by atoms with Gasteiger partial charge < -0.3 is 15.2 Å². The predicted molar refractivity (Wildman–Crippen MR) is 82.2 cm³/mol. The Bertz CT molecular complexity index is 713. The third-order valence-electron chi connectivity index (χ3n) is 4.22. The highest BCUT2D eigenvalue weighted by Crippen LogP contribution is 2.25. The predicted octanol–water partition coefficient (Wildman–Crippen LogP) is 1.46. The molecule has 3 rings (SSSR count). The summed E-state index contributed by atoms with van der Waals surface area (Å²) >= 11 is 0. The van der Waals surface area contributed by atoms with Crippen molar-refractivity contribution in [3.63, 3.8) is 0 Å². The van der Waals surface area contributed by atoms with Gasteiger partial charge in [-0.1, -0.05) is 5.16 Å². The van der Waals surface area contributed by atoms with Crippen LogP contribution in [0.25, 0.3) is 11.3 Å². The van der Waals surface area contributed by atoms with Gasteiger partial charge in [0.05, 0.1) is 5.92 Å². The van der Waals surface area contributed by atoms with Crippen molar-refractivity contribution >= 4 is 11.8 Å². The SMILES string of the molecule is C[C@@H]1CC[C@@H](C(N)=O)CN1C(=O)c1cc(-c2cccnc2)on1. The average Bonchev–Trinajstić information content (AvgIpc) is 3.05. The molecule has 2 N–H and O–H groups in total. The molecule has 2 aromatic rings. The van der Waals surface area contributed by atoms with Gasteiger partial charge in [-0.2, -0.15) is 0 Å². The summed E-state index contributed by atoms with van der Waals surface area (Å²) in [5.74, 6) is -0.439. The Hall–Kier alpha value is -2.70. The fraction of sp³-hybridized carbons (Fsp3) is 0.375. The first-order valence-corrected chi connectivity index (χ1v) is 7.53. The lowest BCUT2D eigenvalue weighted by Gasteiger charge is -2.36. The molecule has 0 aliphatic carbocycles. The molecular formula is C16H18N4O3. The molecule has 1 aliphatic heterocycles. The third-order valence-corrected chi connectivity index (χ3v) is 4.22. The summed E-state index contributed by atoms with van der Waals surface area (Å²) in [4.78, 5) is 29.7. The van der Waals surface area contributed by atoms with Gasteiger partial charge >= 0.3 is 0 Å². The maximum atomic E-state index is 12.7. The number of pyridine rings is 1. The molecule has 0 spiro atoms. The topological polar surface area (TPSA) is 102 Å². The summed E-state index contributed by atoms with van der Waals surface area (Å²) in [6.07, 6.45) is 4.75. The minimum atomic E-state index is -0.370. The highest BCUT2D eigenvalue weighted by molar-refractivity contribution is 5.93. The van der Waals surface area contributed by atoms with Gasteiger partial charge in [0.2, 0.25) is 5.91 Å². The minimum Gasteiger partial charge on any atom is -0.369 e. The molecule has 3 heterocycles. The van der Waals surface area contributed by atoms with Crippen LogP contribution in [-0.2, 0) is 4.79 Å². The molecule has 120 valence electrons. The van der Waals surface area contributed by atoms with E-state index in [2.05, 4.69) is 10.1 Å². The molecule has 1 saturated heterocycles. The van der Waals surface area contributed by atoms with E-state index >= 15 is 0 Å². The van der Waals surface area contributed by atoms with Gasteiger partial charge in [-0.25, -0.2) is 0 Å². The average molecular weight is 314 g/mol. The van der Waals surface area contributed by atoms with Crippen LogP contribution in [0.5, 0.6) is 0 Å². The number of carbonyl (C=O) groups excluding carboxylic acids is 2. The van der Waals surface area contributed by atoms with E-state index in [0.717, 1.165) is 12.0 Å². The first-order chi connectivity index (χ1) is 11.1. The fourth-order valence-corrected chi connectivity index (χ4v) is 2.79. The van der Waals surface area contributed by atoms with Crippen LogP contribution < -0.4 is 5.73 Å². The van der Waals surface area contributed by atoms with Crippen LogP contribution >= 0.6 is 0 Å². The van der Waals surface area contributed by atoms with Gasteiger partial charge in [0.1, 0.15) is 0 Å². The summed E-state index contributed by atoms with van der Waals surface area (Å²) < 4.78 is 5.24. The Morgan fingerprint density at radius 1 is 1.39 bits per heavy atom. The molecule has 1 fully saturated rings. The highest BCUT2D eigenvalue weighted by atomic mass is 16.5.